The van der Waals surface area contributed by atoms with Gasteiger partial charge in [0.2, 0.25) is 0 Å². The third kappa shape index (κ3) is 2.16. The number of nitrogens with zero attached hydrogens (tertiary/aromatic N) is 1. The van der Waals surface area contributed by atoms with Crippen molar-refractivity contribution in [2.24, 2.45) is 5.92 Å². The fraction of sp³-hybridized carbons (Fsp3) is 0.429. The maximum Gasteiger partial charge on any atom is 0.253 e. The number of carbonyl (C=O) groups excluding carboxylic acids is 1. The molecular formula is C14H15N3OS2. The number of nitrogens with one attached hydrogen (secondary N) is 2. The maximum atomic E-state index is 12.2. The van der Waals surface area contributed by atoms with Crippen molar-refractivity contribution in [1.29, 1.82) is 0 Å². The second kappa shape index (κ2) is 4.93. The van der Waals surface area contributed by atoms with Gasteiger partial charge in [0.1, 0.15) is 0 Å². The van der Waals surface area contributed by atoms with Crippen LogP contribution in [0, 0.1) is 5.92 Å². The van der Waals surface area contributed by atoms with Crippen LogP contribution in [-0.2, 0) is 6.42 Å². The summed E-state index contributed by atoms with van der Waals surface area (Å²) in [6.45, 7) is 0.733. The Balaban J connectivity index is 1.75. The molecule has 104 valence electrons. The first kappa shape index (κ1) is 12.5. The molecule has 0 saturated heterocycles. The molecule has 2 aromatic heterocycles. The molecule has 4 nitrogen and oxygen atoms in total. The molecule has 0 atom stereocenters. The van der Waals surface area contributed by atoms with Gasteiger partial charge < -0.3 is 5.32 Å². The summed E-state index contributed by atoms with van der Waals surface area (Å²) in [4.78, 5) is 13.4. The molecule has 2 aromatic rings. The third-order valence-electron chi connectivity index (χ3n) is 3.75. The van der Waals surface area contributed by atoms with E-state index in [1.807, 2.05) is 17.8 Å². The highest BCUT2D eigenvalue weighted by atomic mass is 32.2. The highest BCUT2D eigenvalue weighted by Crippen LogP contribution is 2.45. The Morgan fingerprint density at radius 2 is 2.35 bits per heavy atom. The quantitative estimate of drug-likeness (QED) is 0.854. The SMILES string of the molecule is O=C1NCCc2c(-c3ccn[nH]3)sc(SCC3CC3)c21. The van der Waals surface area contributed by atoms with E-state index in [1.54, 1.807) is 17.5 Å². The number of hydrogen-bond donors (Lipinski definition) is 2. The Labute approximate surface area is 125 Å². The molecule has 1 fully saturated rings. The Kier molecular flexibility index (Phi) is 3.07. The van der Waals surface area contributed by atoms with E-state index in [-0.39, 0.29) is 5.91 Å². The van der Waals surface area contributed by atoms with Crippen LogP contribution >= 0.6 is 23.1 Å². The van der Waals surface area contributed by atoms with E-state index in [0.29, 0.717) is 0 Å². The van der Waals surface area contributed by atoms with Crippen LogP contribution in [0.2, 0.25) is 0 Å². The lowest BCUT2D eigenvalue weighted by atomic mass is 10.0. The normalized spacial score (nSPS) is 17.9. The van der Waals surface area contributed by atoms with Crippen molar-refractivity contribution in [1.82, 2.24) is 15.5 Å². The molecule has 1 amide bonds. The summed E-state index contributed by atoms with van der Waals surface area (Å²) in [6.07, 6.45) is 5.37. The minimum Gasteiger partial charge on any atom is -0.352 e. The van der Waals surface area contributed by atoms with Crippen LogP contribution in [0.15, 0.2) is 16.5 Å². The van der Waals surface area contributed by atoms with Gasteiger partial charge in [0, 0.05) is 18.5 Å². The van der Waals surface area contributed by atoms with Gasteiger partial charge in [-0.05, 0) is 36.8 Å². The van der Waals surface area contributed by atoms with E-state index in [9.17, 15) is 4.79 Å². The number of aromatic nitrogens is 2. The van der Waals surface area contributed by atoms with Gasteiger partial charge in [0.05, 0.1) is 20.3 Å². The van der Waals surface area contributed by atoms with E-state index < -0.39 is 0 Å². The minimum absolute atomic E-state index is 0.0894. The molecule has 3 heterocycles. The van der Waals surface area contributed by atoms with Crippen LogP contribution in [0.3, 0.4) is 0 Å². The van der Waals surface area contributed by atoms with Gasteiger partial charge in [0.25, 0.3) is 5.91 Å². The number of carbonyl (C=O) groups is 1. The summed E-state index contributed by atoms with van der Waals surface area (Å²) >= 11 is 3.59. The first-order valence-corrected chi connectivity index (χ1v) is 8.69. The van der Waals surface area contributed by atoms with Gasteiger partial charge in [-0.3, -0.25) is 9.89 Å². The fourth-order valence-corrected chi connectivity index (χ4v) is 5.30. The Bertz CT molecular complexity index is 644. The highest BCUT2D eigenvalue weighted by Gasteiger charge is 2.29. The largest absolute Gasteiger partial charge is 0.352 e. The summed E-state index contributed by atoms with van der Waals surface area (Å²) in [5.41, 5.74) is 3.14. The number of thiophene rings is 1. The molecule has 0 aromatic carbocycles. The van der Waals surface area contributed by atoms with Crippen molar-refractivity contribution < 1.29 is 4.79 Å². The summed E-state index contributed by atoms with van der Waals surface area (Å²) in [7, 11) is 0. The predicted octanol–water partition coefficient (Wildman–Crippen LogP) is 2.93. The van der Waals surface area contributed by atoms with E-state index >= 15 is 0 Å². The summed E-state index contributed by atoms with van der Waals surface area (Å²) in [5.74, 6) is 2.09. The van der Waals surface area contributed by atoms with E-state index in [1.165, 1.54) is 27.5 Å². The van der Waals surface area contributed by atoms with Crippen molar-refractivity contribution in [2.45, 2.75) is 23.5 Å². The topological polar surface area (TPSA) is 57.8 Å². The Hall–Kier alpha value is -1.27. The van der Waals surface area contributed by atoms with Gasteiger partial charge in [0.15, 0.2) is 0 Å². The van der Waals surface area contributed by atoms with Crippen LogP contribution in [0.4, 0.5) is 0 Å². The van der Waals surface area contributed by atoms with Crippen molar-refractivity contribution in [2.75, 3.05) is 12.3 Å². The van der Waals surface area contributed by atoms with Crippen LogP contribution < -0.4 is 5.32 Å². The smallest absolute Gasteiger partial charge is 0.253 e. The standard InChI is InChI=1S/C14H15N3OS2/c18-13-11-9(3-5-15-13)12(10-4-6-16-17-10)20-14(11)19-7-8-1-2-8/h4,6,8H,1-3,5,7H2,(H,15,18)(H,16,17). The van der Waals surface area contributed by atoms with Gasteiger partial charge in [-0.15, -0.1) is 23.1 Å². The molecule has 20 heavy (non-hydrogen) atoms. The van der Waals surface area contributed by atoms with Crippen molar-refractivity contribution >= 4 is 29.0 Å². The number of thioether (sulfide) groups is 1. The van der Waals surface area contributed by atoms with Crippen molar-refractivity contribution in [3.63, 3.8) is 0 Å². The van der Waals surface area contributed by atoms with Gasteiger partial charge in [-0.2, -0.15) is 5.10 Å². The van der Waals surface area contributed by atoms with Gasteiger partial charge in [-0.1, -0.05) is 0 Å². The molecule has 2 N–H and O–H groups in total. The number of amides is 1. The van der Waals surface area contributed by atoms with Crippen LogP contribution in [0.1, 0.15) is 28.8 Å². The molecule has 2 aliphatic rings. The number of H-pyrrole nitrogens is 1. The highest BCUT2D eigenvalue weighted by molar-refractivity contribution is 8.01. The zero-order valence-corrected chi connectivity index (χ0v) is 12.6. The molecular weight excluding hydrogens is 290 g/mol. The molecule has 0 spiro atoms. The van der Waals surface area contributed by atoms with Crippen LogP contribution in [0.25, 0.3) is 10.6 Å². The second-order valence-corrected chi connectivity index (χ2v) is 7.61. The molecule has 0 radical (unpaired) electrons. The average Bonchev–Trinajstić information content (AvgIpc) is 2.99. The van der Waals surface area contributed by atoms with Gasteiger partial charge in [-0.25, -0.2) is 0 Å². The summed E-state index contributed by atoms with van der Waals surface area (Å²) in [5, 5.41) is 10.0. The van der Waals surface area contributed by atoms with Crippen molar-refractivity contribution in [3.05, 3.63) is 23.4 Å². The summed E-state index contributed by atoms with van der Waals surface area (Å²) in [6, 6.07) is 1.98. The zero-order chi connectivity index (χ0) is 13.5. The summed E-state index contributed by atoms with van der Waals surface area (Å²) < 4.78 is 1.17. The second-order valence-electron chi connectivity index (χ2n) is 5.30. The lowest BCUT2D eigenvalue weighted by Gasteiger charge is -2.14. The van der Waals surface area contributed by atoms with Crippen LogP contribution in [0.5, 0.6) is 0 Å². The number of fused-ring (bicyclic) bond motifs is 1. The zero-order valence-electron chi connectivity index (χ0n) is 10.9. The maximum absolute atomic E-state index is 12.2. The van der Waals surface area contributed by atoms with E-state index in [0.717, 1.165) is 35.9 Å². The number of rotatable bonds is 4. The molecule has 6 heteroatoms. The monoisotopic (exact) mass is 305 g/mol. The molecule has 0 bridgehead atoms. The first-order chi connectivity index (χ1) is 9.83. The molecule has 1 aliphatic heterocycles. The molecule has 1 aliphatic carbocycles. The predicted molar refractivity (Wildman–Crippen MR) is 81.4 cm³/mol. The van der Waals surface area contributed by atoms with Crippen molar-refractivity contribution in [3.8, 4) is 10.6 Å². The molecule has 0 unspecified atom stereocenters. The molecule has 1 saturated carbocycles. The Morgan fingerprint density at radius 1 is 1.45 bits per heavy atom. The minimum atomic E-state index is 0.0894. The third-order valence-corrected chi connectivity index (χ3v) is 6.52. The van der Waals surface area contributed by atoms with E-state index in [4.69, 9.17) is 0 Å². The Morgan fingerprint density at radius 3 is 3.10 bits per heavy atom. The lowest BCUT2D eigenvalue weighted by molar-refractivity contribution is 0.0944. The average molecular weight is 305 g/mol. The molecule has 4 rings (SSSR count). The number of aromatic amines is 1. The lowest BCUT2D eigenvalue weighted by Crippen LogP contribution is -2.31. The first-order valence-electron chi connectivity index (χ1n) is 6.89. The van der Waals surface area contributed by atoms with E-state index in [2.05, 4.69) is 15.5 Å². The van der Waals surface area contributed by atoms with Gasteiger partial charge >= 0.3 is 0 Å². The fourth-order valence-electron chi connectivity index (χ4n) is 2.48. The number of hydrogen-bond acceptors (Lipinski definition) is 4. The van der Waals surface area contributed by atoms with Crippen LogP contribution in [-0.4, -0.2) is 28.4 Å².